The van der Waals surface area contributed by atoms with Crippen LogP contribution in [-0.4, -0.2) is 89.1 Å². The second kappa shape index (κ2) is 14.2. The second-order valence-corrected chi connectivity index (χ2v) is 7.78. The van der Waals surface area contributed by atoms with E-state index in [0.29, 0.717) is 19.1 Å². The monoisotopic (exact) mass is 532 g/mol. The van der Waals surface area contributed by atoms with Crippen molar-refractivity contribution in [3.8, 4) is 0 Å². The van der Waals surface area contributed by atoms with Gasteiger partial charge in [-0.1, -0.05) is 24.3 Å². The fourth-order valence-electron chi connectivity index (χ4n) is 3.92. The maximum absolute atomic E-state index is 5.70. The van der Waals surface area contributed by atoms with E-state index < -0.39 is 0 Å². The van der Waals surface area contributed by atoms with E-state index in [2.05, 4.69) is 44.4 Å². The third kappa shape index (κ3) is 8.30. The molecule has 170 valence electrons. The molecular formula is C22H37IN4O3. The normalized spacial score (nSPS) is 20.3. The molecule has 0 radical (unpaired) electrons. The van der Waals surface area contributed by atoms with Crippen molar-refractivity contribution in [3.63, 3.8) is 0 Å². The first-order chi connectivity index (χ1) is 14.3. The zero-order chi connectivity index (χ0) is 20.3. The smallest absolute Gasteiger partial charge is 0.193 e. The van der Waals surface area contributed by atoms with Crippen LogP contribution in [0.15, 0.2) is 29.3 Å². The first-order valence-electron chi connectivity index (χ1n) is 10.7. The minimum Gasteiger partial charge on any atom is -0.382 e. The molecule has 1 N–H and O–H groups in total. The number of nitrogens with zero attached hydrogens (tertiary/aromatic N) is 3. The fraction of sp³-hybridized carbons (Fsp3) is 0.682. The topological polar surface area (TPSA) is 58.6 Å². The average Bonchev–Trinajstić information content (AvgIpc) is 3.21. The molecule has 1 aromatic carbocycles. The van der Waals surface area contributed by atoms with Gasteiger partial charge in [0.25, 0.3) is 0 Å². The molecule has 0 spiro atoms. The van der Waals surface area contributed by atoms with Crippen molar-refractivity contribution < 1.29 is 14.2 Å². The van der Waals surface area contributed by atoms with Crippen LogP contribution in [0.5, 0.6) is 0 Å². The lowest BCUT2D eigenvalue weighted by atomic mass is 10.1. The Morgan fingerprint density at radius 3 is 2.77 bits per heavy atom. The van der Waals surface area contributed by atoms with Crippen LogP contribution in [0, 0.1) is 5.92 Å². The summed E-state index contributed by atoms with van der Waals surface area (Å²) in [5, 5.41) is 3.54. The van der Waals surface area contributed by atoms with E-state index in [-0.39, 0.29) is 24.0 Å². The van der Waals surface area contributed by atoms with Crippen LogP contribution >= 0.6 is 24.0 Å². The zero-order valence-corrected chi connectivity index (χ0v) is 20.7. The van der Waals surface area contributed by atoms with Gasteiger partial charge in [0.2, 0.25) is 0 Å². The third-order valence-corrected chi connectivity index (χ3v) is 5.53. The molecule has 2 aliphatic rings. The summed E-state index contributed by atoms with van der Waals surface area (Å²) in [6.07, 6.45) is 1.14. The summed E-state index contributed by atoms with van der Waals surface area (Å²) in [4.78, 5) is 9.28. The number of ether oxygens (including phenoxy) is 3. The number of methoxy groups -OCH3 is 1. The Morgan fingerprint density at radius 1 is 1.20 bits per heavy atom. The van der Waals surface area contributed by atoms with Crippen LogP contribution in [0.2, 0.25) is 0 Å². The highest BCUT2D eigenvalue weighted by molar-refractivity contribution is 14.0. The molecule has 8 heteroatoms. The molecule has 3 rings (SSSR count). The van der Waals surface area contributed by atoms with Crippen LogP contribution in [0.3, 0.4) is 0 Å². The van der Waals surface area contributed by atoms with Crippen LogP contribution in [0.4, 0.5) is 0 Å². The molecule has 0 aromatic heterocycles. The van der Waals surface area contributed by atoms with E-state index in [1.54, 1.807) is 7.11 Å². The molecule has 0 amide bonds. The molecule has 1 atom stereocenters. The van der Waals surface area contributed by atoms with Crippen molar-refractivity contribution in [2.24, 2.45) is 10.9 Å². The first kappa shape index (κ1) is 25.3. The number of halogens is 1. The van der Waals surface area contributed by atoms with Gasteiger partial charge in [0.05, 0.1) is 33.0 Å². The molecule has 0 bridgehead atoms. The van der Waals surface area contributed by atoms with Gasteiger partial charge in [0.1, 0.15) is 0 Å². The molecule has 2 saturated heterocycles. The maximum atomic E-state index is 5.70. The summed E-state index contributed by atoms with van der Waals surface area (Å²) in [5.41, 5.74) is 2.64. The van der Waals surface area contributed by atoms with Gasteiger partial charge in [0.15, 0.2) is 5.96 Å². The number of hydrogen-bond donors (Lipinski definition) is 1. The van der Waals surface area contributed by atoms with Crippen molar-refractivity contribution >= 4 is 29.9 Å². The minimum absolute atomic E-state index is 0. The highest BCUT2D eigenvalue weighted by atomic mass is 127. The first-order valence-corrected chi connectivity index (χ1v) is 10.7. The number of morpholine rings is 1. The average molecular weight is 532 g/mol. The lowest BCUT2D eigenvalue weighted by Crippen LogP contribution is -2.40. The number of rotatable bonds is 9. The Kier molecular flexibility index (Phi) is 12.0. The van der Waals surface area contributed by atoms with Crippen LogP contribution in [-0.2, 0) is 27.3 Å². The van der Waals surface area contributed by atoms with E-state index >= 15 is 0 Å². The summed E-state index contributed by atoms with van der Waals surface area (Å²) in [6.45, 7) is 9.61. The van der Waals surface area contributed by atoms with Crippen molar-refractivity contribution in [1.82, 2.24) is 15.1 Å². The van der Waals surface area contributed by atoms with Gasteiger partial charge in [-0.15, -0.1) is 24.0 Å². The standard InChI is InChI=1S/C22H36N4O3.HI/c1-23-22(26-7-6-21(17-26)18-29-13-12-27-2)24-15-19-4-3-5-20(14-19)16-25-8-10-28-11-9-25;/h3-5,14,21H,6-13,15-18H2,1-2H3,(H,23,24);1H. The molecule has 0 aliphatic carbocycles. The fourth-order valence-corrected chi connectivity index (χ4v) is 3.92. The second-order valence-electron chi connectivity index (χ2n) is 7.78. The van der Waals surface area contributed by atoms with Gasteiger partial charge in [-0.3, -0.25) is 9.89 Å². The Balaban J connectivity index is 0.00000320. The van der Waals surface area contributed by atoms with Gasteiger partial charge in [-0.05, 0) is 17.5 Å². The zero-order valence-electron chi connectivity index (χ0n) is 18.3. The molecule has 1 aromatic rings. The Hall–Kier alpha value is -0.940. The molecule has 2 heterocycles. The maximum Gasteiger partial charge on any atom is 0.193 e. The Morgan fingerprint density at radius 2 is 2.00 bits per heavy atom. The summed E-state index contributed by atoms with van der Waals surface area (Å²) < 4.78 is 16.2. The number of likely N-dealkylation sites (tertiary alicyclic amines) is 1. The largest absolute Gasteiger partial charge is 0.382 e. The van der Waals surface area contributed by atoms with E-state index in [1.165, 1.54) is 11.1 Å². The van der Waals surface area contributed by atoms with E-state index in [0.717, 1.165) is 71.5 Å². The van der Waals surface area contributed by atoms with Crippen LogP contribution in [0.1, 0.15) is 17.5 Å². The summed E-state index contributed by atoms with van der Waals surface area (Å²) in [7, 11) is 3.56. The van der Waals surface area contributed by atoms with Crippen molar-refractivity contribution in [1.29, 1.82) is 0 Å². The van der Waals surface area contributed by atoms with Gasteiger partial charge in [-0.2, -0.15) is 0 Å². The summed E-state index contributed by atoms with van der Waals surface area (Å²) in [6, 6.07) is 8.84. The van der Waals surface area contributed by atoms with E-state index in [4.69, 9.17) is 14.2 Å². The minimum atomic E-state index is 0. The number of nitrogens with one attached hydrogen (secondary N) is 1. The quantitative estimate of drug-likeness (QED) is 0.228. The molecular weight excluding hydrogens is 495 g/mol. The lowest BCUT2D eigenvalue weighted by molar-refractivity contribution is 0.0342. The molecule has 1 unspecified atom stereocenters. The number of benzene rings is 1. The molecule has 7 nitrogen and oxygen atoms in total. The number of aliphatic imine (C=N–C) groups is 1. The Bertz CT molecular complexity index is 641. The van der Waals surface area contributed by atoms with E-state index in [1.807, 2.05) is 7.05 Å². The molecule has 30 heavy (non-hydrogen) atoms. The highest BCUT2D eigenvalue weighted by Gasteiger charge is 2.24. The van der Waals surface area contributed by atoms with Gasteiger partial charge in [-0.25, -0.2) is 0 Å². The Labute approximate surface area is 198 Å². The molecule has 2 aliphatic heterocycles. The van der Waals surface area contributed by atoms with Gasteiger partial charge < -0.3 is 24.4 Å². The molecule has 2 fully saturated rings. The van der Waals surface area contributed by atoms with E-state index in [9.17, 15) is 0 Å². The lowest BCUT2D eigenvalue weighted by Gasteiger charge is -2.26. The summed E-state index contributed by atoms with van der Waals surface area (Å²) >= 11 is 0. The number of hydrogen-bond acceptors (Lipinski definition) is 5. The predicted molar refractivity (Wildman–Crippen MR) is 131 cm³/mol. The van der Waals surface area contributed by atoms with Crippen molar-refractivity contribution in [3.05, 3.63) is 35.4 Å². The molecule has 0 saturated carbocycles. The van der Waals surface area contributed by atoms with Crippen LogP contribution in [0.25, 0.3) is 0 Å². The SMILES string of the molecule is CN=C(NCc1cccc(CN2CCOCC2)c1)N1CCC(COCCOC)C1.I. The van der Waals surface area contributed by atoms with Crippen molar-refractivity contribution in [2.75, 3.05) is 73.4 Å². The highest BCUT2D eigenvalue weighted by Crippen LogP contribution is 2.17. The third-order valence-electron chi connectivity index (χ3n) is 5.53. The van der Waals surface area contributed by atoms with Crippen molar-refractivity contribution in [2.45, 2.75) is 19.5 Å². The van der Waals surface area contributed by atoms with Crippen LogP contribution < -0.4 is 5.32 Å². The van der Waals surface area contributed by atoms with Gasteiger partial charge >= 0.3 is 0 Å². The summed E-state index contributed by atoms with van der Waals surface area (Å²) in [5.74, 6) is 1.53. The van der Waals surface area contributed by atoms with Gasteiger partial charge in [0, 0.05) is 59.3 Å². The number of guanidine groups is 1. The predicted octanol–water partition coefficient (Wildman–Crippen LogP) is 2.20.